The maximum atomic E-state index is 12.3. The fourth-order valence-electron chi connectivity index (χ4n) is 2.83. The predicted molar refractivity (Wildman–Crippen MR) is 87.0 cm³/mol. The summed E-state index contributed by atoms with van der Waals surface area (Å²) in [6, 6.07) is 10.4. The van der Waals surface area contributed by atoms with Gasteiger partial charge in [-0.1, -0.05) is 57.0 Å². The Morgan fingerprint density at radius 2 is 2.00 bits per heavy atom. The Hall–Kier alpha value is -1.35. The normalized spacial score (nSPS) is 18.7. The first-order chi connectivity index (χ1) is 10.2. The molecule has 0 saturated carbocycles. The van der Waals surface area contributed by atoms with Crippen LogP contribution in [0.15, 0.2) is 30.3 Å². The molecule has 0 aromatic heterocycles. The third kappa shape index (κ3) is 5.16. The van der Waals surface area contributed by atoms with Crippen LogP contribution in [0.5, 0.6) is 0 Å². The minimum absolute atomic E-state index is 0.00954. The van der Waals surface area contributed by atoms with Gasteiger partial charge in [0.15, 0.2) is 0 Å². The van der Waals surface area contributed by atoms with Crippen LogP contribution in [0.2, 0.25) is 0 Å². The number of unbranched alkanes of at least 4 members (excludes halogenated alkanes) is 1. The first-order valence-electron chi connectivity index (χ1n) is 8.23. The molecule has 1 aromatic rings. The van der Waals surface area contributed by atoms with Crippen LogP contribution in [0, 0.1) is 5.92 Å². The highest BCUT2D eigenvalue weighted by Gasteiger charge is 2.29. The molecule has 1 heterocycles. The molecule has 2 rings (SSSR count). The minimum atomic E-state index is 0.00954. The summed E-state index contributed by atoms with van der Waals surface area (Å²) in [6.07, 6.45) is 5.46. The van der Waals surface area contributed by atoms with Crippen LogP contribution in [0.4, 0.5) is 0 Å². The van der Waals surface area contributed by atoms with Crippen molar-refractivity contribution in [2.24, 2.45) is 5.92 Å². The van der Waals surface area contributed by atoms with Crippen molar-refractivity contribution in [2.75, 3.05) is 13.2 Å². The van der Waals surface area contributed by atoms with Gasteiger partial charge in [-0.3, -0.25) is 10.1 Å². The zero-order valence-corrected chi connectivity index (χ0v) is 13.3. The van der Waals surface area contributed by atoms with Gasteiger partial charge in [0.2, 0.25) is 5.91 Å². The van der Waals surface area contributed by atoms with E-state index in [1.165, 1.54) is 18.4 Å². The van der Waals surface area contributed by atoms with Crippen LogP contribution in [0.3, 0.4) is 0 Å². The zero-order valence-electron chi connectivity index (χ0n) is 13.3. The van der Waals surface area contributed by atoms with E-state index in [2.05, 4.69) is 43.4 Å². The van der Waals surface area contributed by atoms with E-state index in [-0.39, 0.29) is 11.9 Å². The van der Waals surface area contributed by atoms with E-state index in [9.17, 15) is 4.79 Å². The lowest BCUT2D eigenvalue weighted by Gasteiger charge is -2.15. The van der Waals surface area contributed by atoms with Crippen molar-refractivity contribution in [1.82, 2.24) is 10.2 Å². The second kappa shape index (κ2) is 8.18. The van der Waals surface area contributed by atoms with Gasteiger partial charge >= 0.3 is 0 Å². The molecule has 0 bridgehead atoms. The van der Waals surface area contributed by atoms with Crippen LogP contribution in [0.25, 0.3) is 0 Å². The molecule has 0 spiro atoms. The van der Waals surface area contributed by atoms with Crippen molar-refractivity contribution in [3.8, 4) is 0 Å². The summed E-state index contributed by atoms with van der Waals surface area (Å²) in [4.78, 5) is 14.3. The van der Waals surface area contributed by atoms with Crippen LogP contribution >= 0.6 is 0 Å². The lowest BCUT2D eigenvalue weighted by atomic mass is 10.0. The molecule has 3 heteroatoms. The highest BCUT2D eigenvalue weighted by Crippen LogP contribution is 2.13. The van der Waals surface area contributed by atoms with E-state index in [1.54, 1.807) is 0 Å². The summed E-state index contributed by atoms with van der Waals surface area (Å²) >= 11 is 0. The van der Waals surface area contributed by atoms with Gasteiger partial charge in [0.1, 0.15) is 0 Å². The van der Waals surface area contributed by atoms with E-state index < -0.39 is 0 Å². The van der Waals surface area contributed by atoms with Crippen molar-refractivity contribution in [3.63, 3.8) is 0 Å². The molecule has 0 aliphatic carbocycles. The zero-order chi connectivity index (χ0) is 15.1. The summed E-state index contributed by atoms with van der Waals surface area (Å²) in [5.41, 5.74) is 1.31. The second-order valence-electron chi connectivity index (χ2n) is 6.43. The van der Waals surface area contributed by atoms with Gasteiger partial charge in [0, 0.05) is 6.54 Å². The molecular weight excluding hydrogens is 260 g/mol. The number of rotatable bonds is 8. The number of hydrogen-bond donors (Lipinski definition) is 1. The van der Waals surface area contributed by atoms with E-state index in [0.717, 1.165) is 38.4 Å². The Balaban J connectivity index is 1.69. The Morgan fingerprint density at radius 1 is 1.24 bits per heavy atom. The first-order valence-corrected chi connectivity index (χ1v) is 8.23. The molecule has 0 radical (unpaired) electrons. The SMILES string of the molecule is CC(C)CCCCN1CNC(CCc2ccccc2)C1=O. The summed E-state index contributed by atoms with van der Waals surface area (Å²) in [5.74, 6) is 1.05. The van der Waals surface area contributed by atoms with Crippen LogP contribution in [-0.4, -0.2) is 30.1 Å². The maximum Gasteiger partial charge on any atom is 0.240 e. The van der Waals surface area contributed by atoms with Gasteiger partial charge in [-0.25, -0.2) is 0 Å². The standard InChI is InChI=1S/C18H28N2O/c1-15(2)8-6-7-13-20-14-19-17(18(20)21)12-11-16-9-4-3-5-10-16/h3-5,9-10,15,17,19H,6-8,11-14H2,1-2H3. The number of carbonyl (C=O) groups is 1. The van der Waals surface area contributed by atoms with Gasteiger partial charge in [0.05, 0.1) is 12.7 Å². The average Bonchev–Trinajstić information content (AvgIpc) is 2.83. The topological polar surface area (TPSA) is 32.3 Å². The average molecular weight is 288 g/mol. The molecule has 3 nitrogen and oxygen atoms in total. The first kappa shape index (κ1) is 16.0. The summed E-state index contributed by atoms with van der Waals surface area (Å²) < 4.78 is 0. The number of aryl methyl sites for hydroxylation is 1. The van der Waals surface area contributed by atoms with E-state index in [4.69, 9.17) is 0 Å². The third-order valence-electron chi connectivity index (χ3n) is 4.16. The van der Waals surface area contributed by atoms with Crippen molar-refractivity contribution in [1.29, 1.82) is 0 Å². The smallest absolute Gasteiger partial charge is 0.240 e. The highest BCUT2D eigenvalue weighted by molar-refractivity contribution is 5.83. The minimum Gasteiger partial charge on any atom is -0.329 e. The number of carbonyl (C=O) groups excluding carboxylic acids is 1. The Bertz CT molecular complexity index is 430. The predicted octanol–water partition coefficient (Wildman–Crippen LogP) is 3.20. The quantitative estimate of drug-likeness (QED) is 0.745. The molecule has 1 unspecified atom stereocenters. The number of nitrogens with zero attached hydrogens (tertiary/aromatic N) is 1. The molecule has 1 fully saturated rings. The maximum absolute atomic E-state index is 12.3. The van der Waals surface area contributed by atoms with Crippen molar-refractivity contribution in [3.05, 3.63) is 35.9 Å². The number of benzene rings is 1. The molecule has 1 amide bonds. The lowest BCUT2D eigenvalue weighted by molar-refractivity contribution is -0.129. The van der Waals surface area contributed by atoms with Crippen LogP contribution < -0.4 is 5.32 Å². The van der Waals surface area contributed by atoms with Crippen molar-refractivity contribution >= 4 is 5.91 Å². The molecule has 21 heavy (non-hydrogen) atoms. The molecule has 1 atom stereocenters. The molecule has 116 valence electrons. The Kier molecular flexibility index (Phi) is 6.24. The Labute approximate surface area is 128 Å². The van der Waals surface area contributed by atoms with E-state index in [1.807, 2.05) is 11.0 Å². The monoisotopic (exact) mass is 288 g/mol. The van der Waals surface area contributed by atoms with E-state index >= 15 is 0 Å². The molecule has 1 aromatic carbocycles. The molecule has 1 N–H and O–H groups in total. The second-order valence-corrected chi connectivity index (χ2v) is 6.43. The van der Waals surface area contributed by atoms with E-state index in [0.29, 0.717) is 0 Å². The number of nitrogens with one attached hydrogen (secondary N) is 1. The largest absolute Gasteiger partial charge is 0.329 e. The summed E-state index contributed by atoms with van der Waals surface area (Å²) in [6.45, 7) is 6.13. The molecular formula is C18H28N2O. The fraction of sp³-hybridized carbons (Fsp3) is 0.611. The van der Waals surface area contributed by atoms with Gasteiger partial charge in [-0.2, -0.15) is 0 Å². The van der Waals surface area contributed by atoms with Crippen LogP contribution in [0.1, 0.15) is 45.1 Å². The third-order valence-corrected chi connectivity index (χ3v) is 4.16. The van der Waals surface area contributed by atoms with Gasteiger partial charge in [-0.05, 0) is 30.7 Å². The van der Waals surface area contributed by atoms with Gasteiger partial charge < -0.3 is 4.90 Å². The number of hydrogen-bond acceptors (Lipinski definition) is 2. The summed E-state index contributed by atoms with van der Waals surface area (Å²) in [5, 5.41) is 3.35. The molecule has 1 saturated heterocycles. The summed E-state index contributed by atoms with van der Waals surface area (Å²) in [7, 11) is 0. The van der Waals surface area contributed by atoms with Gasteiger partial charge in [0.25, 0.3) is 0 Å². The van der Waals surface area contributed by atoms with Gasteiger partial charge in [-0.15, -0.1) is 0 Å². The number of amides is 1. The van der Waals surface area contributed by atoms with Crippen LogP contribution in [-0.2, 0) is 11.2 Å². The van der Waals surface area contributed by atoms with Crippen molar-refractivity contribution in [2.45, 2.75) is 52.0 Å². The molecule has 1 aliphatic rings. The lowest BCUT2D eigenvalue weighted by Crippen LogP contribution is -2.31. The fourth-order valence-corrected chi connectivity index (χ4v) is 2.83. The Morgan fingerprint density at radius 3 is 2.71 bits per heavy atom. The highest BCUT2D eigenvalue weighted by atomic mass is 16.2. The van der Waals surface area contributed by atoms with Crippen molar-refractivity contribution < 1.29 is 4.79 Å². The molecule has 1 aliphatic heterocycles.